The molecule has 0 saturated heterocycles. The lowest BCUT2D eigenvalue weighted by atomic mass is 10.0. The van der Waals surface area contributed by atoms with E-state index in [1.807, 2.05) is 13.0 Å². The van der Waals surface area contributed by atoms with Crippen molar-refractivity contribution in [3.05, 3.63) is 29.8 Å². The standard InChI is InChI=1S/C25H45NO/c1-3-5-6-7-8-9-10-11-12-13-14-15-16-17-21-26-23-24-19-18-20-25(22-24)27-4-2/h18-20,22,26H,3-17,21,23H2,1-2H3. The van der Waals surface area contributed by atoms with Gasteiger partial charge in [-0.15, -0.1) is 0 Å². The number of nitrogens with one attached hydrogen (secondary N) is 1. The lowest BCUT2D eigenvalue weighted by molar-refractivity contribution is 0.340. The van der Waals surface area contributed by atoms with Crippen LogP contribution in [-0.2, 0) is 6.54 Å². The van der Waals surface area contributed by atoms with Gasteiger partial charge in [-0.1, -0.05) is 103 Å². The van der Waals surface area contributed by atoms with E-state index in [4.69, 9.17) is 4.74 Å². The van der Waals surface area contributed by atoms with Crippen LogP contribution in [0.3, 0.4) is 0 Å². The van der Waals surface area contributed by atoms with E-state index in [-0.39, 0.29) is 0 Å². The van der Waals surface area contributed by atoms with Crippen LogP contribution < -0.4 is 10.1 Å². The lowest BCUT2D eigenvalue weighted by Gasteiger charge is -2.08. The maximum atomic E-state index is 5.55. The fraction of sp³-hybridized carbons (Fsp3) is 0.760. The number of benzene rings is 1. The average Bonchev–Trinajstić information content (AvgIpc) is 2.68. The van der Waals surface area contributed by atoms with Gasteiger partial charge in [0.2, 0.25) is 0 Å². The number of ether oxygens (including phenoxy) is 1. The van der Waals surface area contributed by atoms with E-state index < -0.39 is 0 Å². The van der Waals surface area contributed by atoms with Crippen molar-refractivity contribution in [3.63, 3.8) is 0 Å². The third-order valence-electron chi connectivity index (χ3n) is 5.25. The molecule has 0 saturated carbocycles. The Morgan fingerprint density at radius 3 is 1.81 bits per heavy atom. The van der Waals surface area contributed by atoms with E-state index in [2.05, 4.69) is 30.4 Å². The molecule has 1 rings (SSSR count). The Kier molecular flexibility index (Phi) is 16.3. The van der Waals surface area contributed by atoms with Crippen LogP contribution in [0.4, 0.5) is 0 Å². The van der Waals surface area contributed by atoms with E-state index in [9.17, 15) is 0 Å². The molecule has 0 spiro atoms. The van der Waals surface area contributed by atoms with Crippen LogP contribution in [0.1, 0.15) is 109 Å². The molecule has 1 aromatic rings. The Morgan fingerprint density at radius 2 is 1.26 bits per heavy atom. The minimum Gasteiger partial charge on any atom is -0.494 e. The van der Waals surface area contributed by atoms with E-state index in [1.165, 1.54) is 95.5 Å². The number of hydrogen-bond acceptors (Lipinski definition) is 2. The molecule has 0 bridgehead atoms. The molecule has 0 aliphatic carbocycles. The first-order valence-electron chi connectivity index (χ1n) is 11.8. The van der Waals surface area contributed by atoms with Crippen LogP contribution in [-0.4, -0.2) is 13.2 Å². The van der Waals surface area contributed by atoms with E-state index >= 15 is 0 Å². The molecule has 0 heterocycles. The van der Waals surface area contributed by atoms with Crippen LogP contribution in [0.25, 0.3) is 0 Å². The zero-order valence-electron chi connectivity index (χ0n) is 18.2. The number of hydrogen-bond donors (Lipinski definition) is 1. The van der Waals surface area contributed by atoms with Crippen molar-refractivity contribution in [1.82, 2.24) is 5.32 Å². The van der Waals surface area contributed by atoms with E-state index in [1.54, 1.807) is 0 Å². The van der Waals surface area contributed by atoms with Gasteiger partial charge in [0.25, 0.3) is 0 Å². The summed E-state index contributed by atoms with van der Waals surface area (Å²) in [5, 5.41) is 3.56. The van der Waals surface area contributed by atoms with Gasteiger partial charge in [-0.3, -0.25) is 0 Å². The van der Waals surface area contributed by atoms with Crippen molar-refractivity contribution in [2.45, 2.75) is 110 Å². The molecule has 2 nitrogen and oxygen atoms in total. The van der Waals surface area contributed by atoms with E-state index in [0.29, 0.717) is 0 Å². The summed E-state index contributed by atoms with van der Waals surface area (Å²) in [6.07, 6.45) is 19.9. The summed E-state index contributed by atoms with van der Waals surface area (Å²) in [6.45, 7) is 7.12. The molecule has 156 valence electrons. The molecule has 0 radical (unpaired) electrons. The smallest absolute Gasteiger partial charge is 0.119 e. The first-order valence-corrected chi connectivity index (χ1v) is 11.8. The quantitative estimate of drug-likeness (QED) is 0.251. The maximum absolute atomic E-state index is 5.55. The van der Waals surface area contributed by atoms with Gasteiger partial charge in [-0.05, 0) is 37.6 Å². The molecule has 0 aliphatic rings. The second-order valence-corrected chi connectivity index (χ2v) is 7.85. The SMILES string of the molecule is CCCCCCCCCCCCCCCCNCc1cccc(OCC)c1. The monoisotopic (exact) mass is 375 g/mol. The number of rotatable bonds is 19. The lowest BCUT2D eigenvalue weighted by Crippen LogP contribution is -2.14. The molecular formula is C25H45NO. The molecule has 0 amide bonds. The van der Waals surface area contributed by atoms with Crippen LogP contribution >= 0.6 is 0 Å². The summed E-state index contributed by atoms with van der Waals surface area (Å²) in [6, 6.07) is 8.41. The third kappa shape index (κ3) is 14.7. The van der Waals surface area contributed by atoms with Gasteiger partial charge in [0, 0.05) is 6.54 Å². The zero-order chi connectivity index (χ0) is 19.4. The molecule has 2 heteroatoms. The summed E-state index contributed by atoms with van der Waals surface area (Å²) < 4.78 is 5.55. The molecular weight excluding hydrogens is 330 g/mol. The highest BCUT2D eigenvalue weighted by Crippen LogP contribution is 2.14. The number of unbranched alkanes of at least 4 members (excludes halogenated alkanes) is 13. The predicted octanol–water partition coefficient (Wildman–Crippen LogP) is 7.66. The average molecular weight is 376 g/mol. The van der Waals surface area contributed by atoms with Gasteiger partial charge in [0.15, 0.2) is 0 Å². The van der Waals surface area contributed by atoms with Gasteiger partial charge in [0.1, 0.15) is 5.75 Å². The fourth-order valence-electron chi connectivity index (χ4n) is 3.59. The molecule has 0 atom stereocenters. The van der Waals surface area contributed by atoms with Crippen molar-refractivity contribution in [2.24, 2.45) is 0 Å². The Labute approximate surface area is 169 Å². The largest absolute Gasteiger partial charge is 0.494 e. The topological polar surface area (TPSA) is 21.3 Å². The highest BCUT2D eigenvalue weighted by atomic mass is 16.5. The van der Waals surface area contributed by atoms with Crippen molar-refractivity contribution in [3.8, 4) is 5.75 Å². The first kappa shape index (κ1) is 24.0. The van der Waals surface area contributed by atoms with Crippen molar-refractivity contribution in [2.75, 3.05) is 13.2 Å². The second kappa shape index (κ2) is 18.3. The van der Waals surface area contributed by atoms with Crippen molar-refractivity contribution in [1.29, 1.82) is 0 Å². The molecule has 1 aromatic carbocycles. The predicted molar refractivity (Wildman–Crippen MR) is 120 cm³/mol. The molecule has 0 aromatic heterocycles. The van der Waals surface area contributed by atoms with Crippen LogP contribution in [0.15, 0.2) is 24.3 Å². The normalized spacial score (nSPS) is 11.0. The minimum atomic E-state index is 0.732. The molecule has 0 fully saturated rings. The highest BCUT2D eigenvalue weighted by molar-refractivity contribution is 5.28. The summed E-state index contributed by atoms with van der Waals surface area (Å²) in [7, 11) is 0. The van der Waals surface area contributed by atoms with Crippen LogP contribution in [0, 0.1) is 0 Å². The molecule has 27 heavy (non-hydrogen) atoms. The van der Waals surface area contributed by atoms with Gasteiger partial charge >= 0.3 is 0 Å². The van der Waals surface area contributed by atoms with Gasteiger partial charge < -0.3 is 10.1 Å². The summed E-state index contributed by atoms with van der Waals surface area (Å²) in [5.74, 6) is 0.980. The van der Waals surface area contributed by atoms with Gasteiger partial charge in [-0.2, -0.15) is 0 Å². The van der Waals surface area contributed by atoms with Crippen molar-refractivity contribution < 1.29 is 4.74 Å². The summed E-state index contributed by atoms with van der Waals surface area (Å²) >= 11 is 0. The van der Waals surface area contributed by atoms with Crippen LogP contribution in [0.5, 0.6) is 5.75 Å². The Balaban J connectivity index is 1.81. The molecule has 0 aliphatic heterocycles. The Bertz CT molecular complexity index is 432. The zero-order valence-corrected chi connectivity index (χ0v) is 18.2. The minimum absolute atomic E-state index is 0.732. The third-order valence-corrected chi connectivity index (χ3v) is 5.25. The maximum Gasteiger partial charge on any atom is 0.119 e. The molecule has 1 N–H and O–H groups in total. The van der Waals surface area contributed by atoms with E-state index in [0.717, 1.165) is 25.4 Å². The molecule has 0 unspecified atom stereocenters. The summed E-state index contributed by atoms with van der Waals surface area (Å²) in [4.78, 5) is 0. The second-order valence-electron chi connectivity index (χ2n) is 7.85. The van der Waals surface area contributed by atoms with Gasteiger partial charge in [0.05, 0.1) is 6.61 Å². The van der Waals surface area contributed by atoms with Crippen molar-refractivity contribution >= 4 is 0 Å². The highest BCUT2D eigenvalue weighted by Gasteiger charge is 1.97. The van der Waals surface area contributed by atoms with Crippen LogP contribution in [0.2, 0.25) is 0 Å². The Morgan fingerprint density at radius 1 is 0.704 bits per heavy atom. The van der Waals surface area contributed by atoms with Gasteiger partial charge in [-0.25, -0.2) is 0 Å². The summed E-state index contributed by atoms with van der Waals surface area (Å²) in [5.41, 5.74) is 1.31. The first-order chi connectivity index (χ1) is 13.4. The fourth-order valence-corrected chi connectivity index (χ4v) is 3.59. The Hall–Kier alpha value is -1.02.